The number of carbonyl (C=O) groups excluding carboxylic acids is 1. The maximum Gasteiger partial charge on any atom is 0.189 e. The van der Waals surface area contributed by atoms with Gasteiger partial charge in [-0.15, -0.1) is 0 Å². The van der Waals surface area contributed by atoms with Crippen LogP contribution < -0.4 is 0 Å². The Balaban J connectivity index is 2.07. The number of carbonyl (C=O) groups is 1. The summed E-state index contributed by atoms with van der Waals surface area (Å²) in [6.45, 7) is 3.06. The standard InChI is InChI=1S/C22H34O3S/c1-2-3-4-5-6-7-11-16-22(24)26-21(18-23)19-25-17-12-15-20-13-9-8-10-14-20/h8-10,12-15,21,23H,2-7,11,16-19H2,1H3/b15-12+/t21-/m0/s1. The average molecular weight is 379 g/mol. The molecule has 0 amide bonds. The zero-order valence-electron chi connectivity index (χ0n) is 16.1. The van der Waals surface area contributed by atoms with Crippen LogP contribution in [-0.2, 0) is 9.53 Å². The lowest BCUT2D eigenvalue weighted by atomic mass is 10.1. The number of hydrogen-bond acceptors (Lipinski definition) is 4. The number of benzene rings is 1. The first-order valence-electron chi connectivity index (χ1n) is 9.86. The van der Waals surface area contributed by atoms with Crippen LogP contribution in [0.25, 0.3) is 6.08 Å². The summed E-state index contributed by atoms with van der Waals surface area (Å²) >= 11 is 1.23. The van der Waals surface area contributed by atoms with Crippen molar-refractivity contribution >= 4 is 23.0 Å². The molecule has 0 bridgehead atoms. The Bertz CT molecular complexity index is 487. The van der Waals surface area contributed by atoms with Crippen molar-refractivity contribution in [3.05, 3.63) is 42.0 Å². The largest absolute Gasteiger partial charge is 0.395 e. The number of ether oxygens (including phenoxy) is 1. The first kappa shape index (κ1) is 22.9. The third kappa shape index (κ3) is 12.3. The highest BCUT2D eigenvalue weighted by molar-refractivity contribution is 8.14. The zero-order chi connectivity index (χ0) is 18.9. The molecule has 0 spiro atoms. The Hall–Kier alpha value is -1.10. The minimum atomic E-state index is -0.169. The van der Waals surface area contributed by atoms with E-state index in [1.54, 1.807) is 0 Å². The van der Waals surface area contributed by atoms with Gasteiger partial charge in [-0.25, -0.2) is 0 Å². The molecule has 1 aromatic rings. The van der Waals surface area contributed by atoms with Crippen LogP contribution in [0.15, 0.2) is 36.4 Å². The van der Waals surface area contributed by atoms with E-state index in [0.29, 0.717) is 19.6 Å². The second-order valence-corrected chi connectivity index (χ2v) is 7.87. The second-order valence-electron chi connectivity index (χ2n) is 6.52. The Labute approximate surface area is 163 Å². The van der Waals surface area contributed by atoms with E-state index in [1.165, 1.54) is 43.9 Å². The molecule has 0 aliphatic carbocycles. The molecule has 0 aliphatic heterocycles. The van der Waals surface area contributed by atoms with Gasteiger partial charge in [-0.2, -0.15) is 0 Å². The molecule has 0 saturated heterocycles. The highest BCUT2D eigenvalue weighted by Gasteiger charge is 2.13. The zero-order valence-corrected chi connectivity index (χ0v) is 16.9. The van der Waals surface area contributed by atoms with Gasteiger partial charge in [0.15, 0.2) is 5.12 Å². The van der Waals surface area contributed by atoms with Crippen molar-refractivity contribution in [1.29, 1.82) is 0 Å². The Morgan fingerprint density at radius 2 is 1.81 bits per heavy atom. The average Bonchev–Trinajstić information content (AvgIpc) is 2.67. The first-order chi connectivity index (χ1) is 12.8. The molecule has 0 radical (unpaired) electrons. The highest BCUT2D eigenvalue weighted by atomic mass is 32.2. The van der Waals surface area contributed by atoms with Crippen molar-refractivity contribution in [2.24, 2.45) is 0 Å². The minimum absolute atomic E-state index is 0.0319. The molecule has 0 aliphatic rings. The molecular weight excluding hydrogens is 344 g/mol. The van der Waals surface area contributed by atoms with Gasteiger partial charge in [0.1, 0.15) is 0 Å². The Morgan fingerprint density at radius 1 is 1.12 bits per heavy atom. The van der Waals surface area contributed by atoms with Crippen molar-refractivity contribution in [1.82, 2.24) is 0 Å². The maximum absolute atomic E-state index is 12.0. The van der Waals surface area contributed by atoms with Crippen LogP contribution in [0.4, 0.5) is 0 Å². The fraction of sp³-hybridized carbons (Fsp3) is 0.591. The normalized spacial score (nSPS) is 12.5. The van der Waals surface area contributed by atoms with Gasteiger partial charge in [-0.3, -0.25) is 4.79 Å². The third-order valence-corrected chi connectivity index (χ3v) is 5.20. The number of thioether (sulfide) groups is 1. The first-order valence-corrected chi connectivity index (χ1v) is 10.7. The molecule has 4 heteroatoms. The summed E-state index contributed by atoms with van der Waals surface area (Å²) in [5, 5.41) is 9.43. The van der Waals surface area contributed by atoms with Crippen molar-refractivity contribution in [2.75, 3.05) is 19.8 Å². The summed E-state index contributed by atoms with van der Waals surface area (Å²) in [4.78, 5) is 12.0. The van der Waals surface area contributed by atoms with Crippen LogP contribution in [0.1, 0.15) is 63.9 Å². The van der Waals surface area contributed by atoms with Crippen molar-refractivity contribution in [3.8, 4) is 0 Å². The fourth-order valence-electron chi connectivity index (χ4n) is 2.61. The molecule has 0 fully saturated rings. The van der Waals surface area contributed by atoms with E-state index in [-0.39, 0.29) is 17.0 Å². The van der Waals surface area contributed by atoms with Crippen molar-refractivity contribution in [3.63, 3.8) is 0 Å². The molecule has 1 rings (SSSR count). The third-order valence-electron chi connectivity index (χ3n) is 4.11. The van der Waals surface area contributed by atoms with E-state index < -0.39 is 0 Å². The highest BCUT2D eigenvalue weighted by Crippen LogP contribution is 2.17. The smallest absolute Gasteiger partial charge is 0.189 e. The van der Waals surface area contributed by atoms with Crippen LogP contribution >= 0.6 is 11.8 Å². The summed E-state index contributed by atoms with van der Waals surface area (Å²) in [6, 6.07) is 10.0. The number of hydrogen-bond donors (Lipinski definition) is 1. The molecule has 1 aromatic carbocycles. The lowest BCUT2D eigenvalue weighted by Crippen LogP contribution is -2.18. The van der Waals surface area contributed by atoms with Gasteiger partial charge < -0.3 is 9.84 Å². The minimum Gasteiger partial charge on any atom is -0.395 e. The lowest BCUT2D eigenvalue weighted by molar-refractivity contribution is -0.111. The van der Waals surface area contributed by atoms with Crippen LogP contribution in [0.2, 0.25) is 0 Å². The van der Waals surface area contributed by atoms with Crippen LogP contribution in [0, 0.1) is 0 Å². The Morgan fingerprint density at radius 3 is 2.50 bits per heavy atom. The maximum atomic E-state index is 12.0. The van der Waals surface area contributed by atoms with E-state index >= 15 is 0 Å². The summed E-state index contributed by atoms with van der Waals surface area (Å²) in [5.74, 6) is 0. The van der Waals surface area contributed by atoms with Gasteiger partial charge in [0.2, 0.25) is 0 Å². The predicted octanol–water partition coefficient (Wildman–Crippen LogP) is 5.48. The van der Waals surface area contributed by atoms with Crippen LogP contribution in [0.5, 0.6) is 0 Å². The number of aliphatic hydroxyl groups is 1. The summed E-state index contributed by atoms with van der Waals surface area (Å²) in [7, 11) is 0. The topological polar surface area (TPSA) is 46.5 Å². The molecule has 1 atom stereocenters. The van der Waals surface area contributed by atoms with E-state index in [9.17, 15) is 9.90 Å². The van der Waals surface area contributed by atoms with Gasteiger partial charge in [-0.05, 0) is 12.0 Å². The van der Waals surface area contributed by atoms with Crippen LogP contribution in [0.3, 0.4) is 0 Å². The quantitative estimate of drug-likeness (QED) is 0.411. The number of aliphatic hydroxyl groups excluding tert-OH is 1. The summed E-state index contributed by atoms with van der Waals surface area (Å²) < 4.78 is 5.57. The SMILES string of the molecule is CCCCCCCCCC(=O)S[C@@H](CO)COC/C=C/c1ccccc1. The molecule has 0 heterocycles. The predicted molar refractivity (Wildman–Crippen MR) is 112 cm³/mol. The second kappa shape index (κ2) is 16.1. The Kier molecular flexibility index (Phi) is 14.2. The van der Waals surface area contributed by atoms with Gasteiger partial charge in [-0.1, -0.05) is 99.7 Å². The van der Waals surface area contributed by atoms with Gasteiger partial charge in [0.05, 0.1) is 25.1 Å². The lowest BCUT2D eigenvalue weighted by Gasteiger charge is -2.12. The number of rotatable bonds is 15. The monoisotopic (exact) mass is 378 g/mol. The molecule has 1 N–H and O–H groups in total. The molecular formula is C22H34O3S. The molecule has 0 unspecified atom stereocenters. The van der Waals surface area contributed by atoms with Gasteiger partial charge in [0, 0.05) is 6.42 Å². The molecule has 0 saturated carbocycles. The van der Waals surface area contributed by atoms with E-state index in [2.05, 4.69) is 6.92 Å². The van der Waals surface area contributed by atoms with E-state index in [1.807, 2.05) is 42.5 Å². The van der Waals surface area contributed by atoms with Gasteiger partial charge in [0.25, 0.3) is 0 Å². The van der Waals surface area contributed by atoms with Crippen molar-refractivity contribution in [2.45, 2.75) is 63.5 Å². The van der Waals surface area contributed by atoms with Gasteiger partial charge >= 0.3 is 0 Å². The fourth-order valence-corrected chi connectivity index (χ4v) is 3.48. The van der Waals surface area contributed by atoms with Crippen molar-refractivity contribution < 1.29 is 14.6 Å². The molecule has 0 aromatic heterocycles. The number of unbranched alkanes of at least 4 members (excludes halogenated alkanes) is 6. The molecule has 146 valence electrons. The summed E-state index contributed by atoms with van der Waals surface area (Å²) in [6.07, 6.45) is 13.0. The van der Waals surface area contributed by atoms with E-state index in [0.717, 1.165) is 18.4 Å². The summed E-state index contributed by atoms with van der Waals surface area (Å²) in [5.41, 5.74) is 1.13. The van der Waals surface area contributed by atoms with E-state index in [4.69, 9.17) is 4.74 Å². The molecule has 26 heavy (non-hydrogen) atoms. The molecule has 3 nitrogen and oxygen atoms in total. The van der Waals surface area contributed by atoms with Crippen LogP contribution in [-0.4, -0.2) is 35.3 Å².